The first kappa shape index (κ1) is 16.6. The lowest BCUT2D eigenvalue weighted by Crippen LogP contribution is -2.24. The standard InChI is InChI=1S/C15H28N2OS/c1-10(2)16-9-11-12(14(3,4)5)17-13(19-11)15(6,7)18-8/h10,16H,9H2,1-8H3. The van der Waals surface area contributed by atoms with Crippen LogP contribution in [-0.2, 0) is 22.3 Å². The molecule has 1 heterocycles. The number of thiazole rings is 1. The number of aromatic nitrogens is 1. The summed E-state index contributed by atoms with van der Waals surface area (Å²) in [5.74, 6) is 0. The average molecular weight is 284 g/mol. The smallest absolute Gasteiger partial charge is 0.125 e. The normalized spacial score (nSPS) is 13.3. The topological polar surface area (TPSA) is 34.1 Å². The van der Waals surface area contributed by atoms with Gasteiger partial charge in [-0.05, 0) is 13.8 Å². The Kier molecular flexibility index (Phi) is 5.15. The summed E-state index contributed by atoms with van der Waals surface area (Å²) < 4.78 is 5.56. The van der Waals surface area contributed by atoms with E-state index in [1.54, 1.807) is 18.4 Å². The van der Waals surface area contributed by atoms with E-state index in [0.29, 0.717) is 6.04 Å². The third kappa shape index (κ3) is 4.26. The van der Waals surface area contributed by atoms with Gasteiger partial charge in [-0.25, -0.2) is 4.98 Å². The SMILES string of the molecule is COC(C)(C)c1nc(C(C)(C)C)c(CNC(C)C)s1. The molecule has 0 radical (unpaired) electrons. The minimum atomic E-state index is -0.319. The van der Waals surface area contributed by atoms with Crippen molar-refractivity contribution in [2.45, 2.75) is 72.1 Å². The van der Waals surface area contributed by atoms with Crippen LogP contribution in [0, 0.1) is 0 Å². The molecule has 1 aromatic heterocycles. The van der Waals surface area contributed by atoms with Crippen LogP contribution in [-0.4, -0.2) is 18.1 Å². The van der Waals surface area contributed by atoms with E-state index in [-0.39, 0.29) is 11.0 Å². The van der Waals surface area contributed by atoms with Crippen LogP contribution in [0.4, 0.5) is 0 Å². The zero-order chi connectivity index (χ0) is 14.8. The first-order chi connectivity index (χ1) is 8.58. The van der Waals surface area contributed by atoms with E-state index in [1.165, 1.54) is 10.6 Å². The van der Waals surface area contributed by atoms with Crippen LogP contribution in [0.1, 0.15) is 64.0 Å². The molecule has 0 saturated carbocycles. The van der Waals surface area contributed by atoms with Gasteiger partial charge >= 0.3 is 0 Å². The third-order valence-electron chi connectivity index (χ3n) is 3.10. The lowest BCUT2D eigenvalue weighted by molar-refractivity contribution is 0.0188. The van der Waals surface area contributed by atoms with E-state index < -0.39 is 0 Å². The molecule has 0 unspecified atom stereocenters. The highest BCUT2D eigenvalue weighted by molar-refractivity contribution is 7.11. The van der Waals surface area contributed by atoms with Gasteiger partial charge in [0.2, 0.25) is 0 Å². The Morgan fingerprint density at radius 3 is 2.21 bits per heavy atom. The molecule has 0 bridgehead atoms. The summed E-state index contributed by atoms with van der Waals surface area (Å²) in [6, 6.07) is 0.480. The van der Waals surface area contributed by atoms with Crippen molar-refractivity contribution in [1.29, 1.82) is 0 Å². The fourth-order valence-corrected chi connectivity index (χ4v) is 3.00. The van der Waals surface area contributed by atoms with Gasteiger partial charge in [-0.1, -0.05) is 34.6 Å². The van der Waals surface area contributed by atoms with Gasteiger partial charge in [-0.3, -0.25) is 0 Å². The molecule has 0 aliphatic rings. The molecule has 19 heavy (non-hydrogen) atoms. The van der Waals surface area contributed by atoms with Gasteiger partial charge in [-0.15, -0.1) is 11.3 Å². The second-order valence-corrected chi connectivity index (χ2v) is 7.87. The molecule has 110 valence electrons. The second kappa shape index (κ2) is 5.90. The number of nitrogens with one attached hydrogen (secondary N) is 1. The highest BCUT2D eigenvalue weighted by Gasteiger charge is 2.29. The Balaban J connectivity index is 3.13. The molecule has 0 spiro atoms. The quantitative estimate of drug-likeness (QED) is 0.892. The first-order valence-electron chi connectivity index (χ1n) is 6.87. The zero-order valence-corrected chi connectivity index (χ0v) is 14.4. The molecule has 4 heteroatoms. The Hall–Kier alpha value is -0.450. The maximum atomic E-state index is 5.56. The number of hydrogen-bond acceptors (Lipinski definition) is 4. The Morgan fingerprint density at radius 1 is 1.21 bits per heavy atom. The number of methoxy groups -OCH3 is 1. The average Bonchev–Trinajstić information content (AvgIpc) is 2.70. The predicted octanol–water partition coefficient (Wildman–Crippen LogP) is 3.82. The molecule has 3 nitrogen and oxygen atoms in total. The van der Waals surface area contributed by atoms with Gasteiger partial charge in [0, 0.05) is 30.0 Å². The van der Waals surface area contributed by atoms with Crippen molar-refractivity contribution in [1.82, 2.24) is 10.3 Å². The molecule has 0 aromatic carbocycles. The van der Waals surface area contributed by atoms with Crippen molar-refractivity contribution in [2.24, 2.45) is 0 Å². The number of ether oxygens (including phenoxy) is 1. The molecule has 0 saturated heterocycles. The zero-order valence-electron chi connectivity index (χ0n) is 13.5. The van der Waals surface area contributed by atoms with Crippen molar-refractivity contribution >= 4 is 11.3 Å². The Morgan fingerprint density at radius 2 is 1.79 bits per heavy atom. The predicted molar refractivity (Wildman–Crippen MR) is 82.8 cm³/mol. The maximum Gasteiger partial charge on any atom is 0.125 e. The van der Waals surface area contributed by atoms with Crippen LogP contribution in [0.5, 0.6) is 0 Å². The summed E-state index contributed by atoms with van der Waals surface area (Å²) in [6.45, 7) is 16.0. The summed E-state index contributed by atoms with van der Waals surface area (Å²) in [7, 11) is 1.74. The van der Waals surface area contributed by atoms with Crippen LogP contribution >= 0.6 is 11.3 Å². The molecule has 1 aromatic rings. The molecule has 0 aliphatic carbocycles. The highest BCUT2D eigenvalue weighted by atomic mass is 32.1. The van der Waals surface area contributed by atoms with Crippen LogP contribution in [0.2, 0.25) is 0 Å². The highest BCUT2D eigenvalue weighted by Crippen LogP contribution is 2.35. The van der Waals surface area contributed by atoms with Gasteiger partial charge in [-0.2, -0.15) is 0 Å². The van der Waals surface area contributed by atoms with Gasteiger partial charge < -0.3 is 10.1 Å². The third-order valence-corrected chi connectivity index (χ3v) is 4.46. The molecule has 0 amide bonds. The molecule has 0 aliphatic heterocycles. The van der Waals surface area contributed by atoms with Crippen molar-refractivity contribution in [2.75, 3.05) is 7.11 Å². The number of nitrogens with zero attached hydrogens (tertiary/aromatic N) is 1. The van der Waals surface area contributed by atoms with E-state index in [0.717, 1.165) is 11.6 Å². The molecule has 1 rings (SSSR count). The van der Waals surface area contributed by atoms with Gasteiger partial charge in [0.25, 0.3) is 0 Å². The summed E-state index contributed by atoms with van der Waals surface area (Å²) in [6.07, 6.45) is 0. The van der Waals surface area contributed by atoms with Gasteiger partial charge in [0.15, 0.2) is 0 Å². The molecular weight excluding hydrogens is 256 g/mol. The van der Waals surface area contributed by atoms with E-state index in [9.17, 15) is 0 Å². The fraction of sp³-hybridized carbons (Fsp3) is 0.800. The van der Waals surface area contributed by atoms with Gasteiger partial charge in [0.05, 0.1) is 5.69 Å². The summed E-state index contributed by atoms with van der Waals surface area (Å²) in [5.41, 5.74) is 0.929. The van der Waals surface area contributed by atoms with Crippen LogP contribution < -0.4 is 5.32 Å². The Labute approximate surface area is 121 Å². The van der Waals surface area contributed by atoms with Crippen molar-refractivity contribution in [3.8, 4) is 0 Å². The molecule has 0 fully saturated rings. The number of rotatable bonds is 5. The van der Waals surface area contributed by atoms with Crippen molar-refractivity contribution in [3.05, 3.63) is 15.6 Å². The van der Waals surface area contributed by atoms with E-state index in [4.69, 9.17) is 9.72 Å². The minimum absolute atomic E-state index is 0.0621. The minimum Gasteiger partial charge on any atom is -0.372 e. The summed E-state index contributed by atoms with van der Waals surface area (Å²) >= 11 is 1.76. The lowest BCUT2D eigenvalue weighted by atomic mass is 9.91. The molecular formula is C15H28N2OS. The van der Waals surface area contributed by atoms with E-state index in [1.807, 2.05) is 0 Å². The number of hydrogen-bond donors (Lipinski definition) is 1. The largest absolute Gasteiger partial charge is 0.372 e. The fourth-order valence-electron chi connectivity index (χ4n) is 1.70. The maximum absolute atomic E-state index is 5.56. The molecule has 0 atom stereocenters. The van der Waals surface area contributed by atoms with Crippen LogP contribution in [0.25, 0.3) is 0 Å². The second-order valence-electron chi connectivity index (χ2n) is 6.79. The first-order valence-corrected chi connectivity index (χ1v) is 7.68. The summed E-state index contributed by atoms with van der Waals surface area (Å²) in [5, 5.41) is 4.54. The van der Waals surface area contributed by atoms with Crippen molar-refractivity contribution < 1.29 is 4.74 Å². The lowest BCUT2D eigenvalue weighted by Gasteiger charge is -2.20. The molecule has 1 N–H and O–H groups in total. The summed E-state index contributed by atoms with van der Waals surface area (Å²) in [4.78, 5) is 6.18. The van der Waals surface area contributed by atoms with Crippen LogP contribution in [0.3, 0.4) is 0 Å². The monoisotopic (exact) mass is 284 g/mol. The van der Waals surface area contributed by atoms with Gasteiger partial charge in [0.1, 0.15) is 10.6 Å². The van der Waals surface area contributed by atoms with Crippen LogP contribution in [0.15, 0.2) is 0 Å². The van der Waals surface area contributed by atoms with Crippen molar-refractivity contribution in [3.63, 3.8) is 0 Å². The Bertz CT molecular complexity index is 416. The van der Waals surface area contributed by atoms with E-state index >= 15 is 0 Å². The van der Waals surface area contributed by atoms with E-state index in [2.05, 4.69) is 53.8 Å².